The van der Waals surface area contributed by atoms with Gasteiger partial charge in [0.2, 0.25) is 0 Å². The van der Waals surface area contributed by atoms with Crippen molar-refractivity contribution in [1.82, 2.24) is 0 Å². The highest BCUT2D eigenvalue weighted by Crippen LogP contribution is 2.40. The van der Waals surface area contributed by atoms with Crippen LogP contribution in [0, 0.1) is 0 Å². The van der Waals surface area contributed by atoms with Crippen LogP contribution in [-0.4, -0.2) is 5.60 Å². The molecule has 0 saturated heterocycles. The quantitative estimate of drug-likeness (QED) is 0.237. The average Bonchev–Trinajstić information content (AvgIpc) is 3.15. The van der Waals surface area contributed by atoms with Gasteiger partial charge in [0.15, 0.2) is 5.88 Å². The van der Waals surface area contributed by atoms with Crippen molar-refractivity contribution in [1.29, 1.82) is 0 Å². The average molecular weight is 460 g/mol. The van der Waals surface area contributed by atoms with Crippen LogP contribution in [0.3, 0.4) is 0 Å². The van der Waals surface area contributed by atoms with E-state index < -0.39 is 0 Å². The number of ether oxygens (including phenoxy) is 1. The van der Waals surface area contributed by atoms with Gasteiger partial charge in [0.05, 0.1) is 10.6 Å². The normalized spacial score (nSPS) is 13.7. The van der Waals surface area contributed by atoms with Crippen molar-refractivity contribution < 1.29 is 4.74 Å². The van der Waals surface area contributed by atoms with Gasteiger partial charge >= 0.3 is 0 Å². The molecule has 0 bridgehead atoms. The maximum Gasteiger partial charge on any atom is 0.190 e. The van der Waals surface area contributed by atoms with Gasteiger partial charge in [-0.1, -0.05) is 70.2 Å². The number of allylic oxidation sites excluding steroid dienone is 1. The van der Waals surface area contributed by atoms with E-state index in [-0.39, 0.29) is 5.60 Å². The summed E-state index contributed by atoms with van der Waals surface area (Å²) in [6.07, 6.45) is 13.0. The lowest BCUT2D eigenvalue weighted by Gasteiger charge is -2.38. The number of hydrogen-bond acceptors (Lipinski definition) is 3. The van der Waals surface area contributed by atoms with Crippen molar-refractivity contribution in [3.05, 3.63) is 52.2 Å². The monoisotopic (exact) mass is 459 g/mol. The minimum atomic E-state index is -0.0597. The summed E-state index contributed by atoms with van der Waals surface area (Å²) in [6, 6.07) is 10.3. The van der Waals surface area contributed by atoms with Crippen LogP contribution >= 0.6 is 22.9 Å². The third kappa shape index (κ3) is 6.52. The largest absolute Gasteiger partial charge is 0.472 e. The summed E-state index contributed by atoms with van der Waals surface area (Å²) in [5.41, 5.74) is 3.65. The van der Waals surface area contributed by atoms with Gasteiger partial charge in [-0.25, -0.2) is 0 Å². The molecule has 0 spiro atoms. The van der Waals surface area contributed by atoms with Crippen LogP contribution in [0.5, 0.6) is 0 Å². The lowest BCUT2D eigenvalue weighted by molar-refractivity contribution is -0.0237. The highest BCUT2D eigenvalue weighted by atomic mass is 35.5. The van der Waals surface area contributed by atoms with E-state index in [4.69, 9.17) is 16.3 Å². The molecule has 1 N–H and O–H groups in total. The molecule has 1 fully saturated rings. The highest BCUT2D eigenvalue weighted by molar-refractivity contribution is 7.14. The van der Waals surface area contributed by atoms with Crippen molar-refractivity contribution in [2.75, 3.05) is 5.32 Å². The van der Waals surface area contributed by atoms with Crippen LogP contribution in [-0.2, 0) is 4.74 Å². The molecule has 1 aliphatic carbocycles. The summed E-state index contributed by atoms with van der Waals surface area (Å²) in [6.45, 7) is 6.85. The van der Waals surface area contributed by atoms with Gasteiger partial charge in [-0.3, -0.25) is 0 Å². The fourth-order valence-corrected chi connectivity index (χ4v) is 5.54. The van der Waals surface area contributed by atoms with Crippen LogP contribution in [0.25, 0.3) is 10.4 Å². The SMILES string of the molecule is CCCCCC(CCC)(CCC)OC(Nc1ccsc1-c1cccc(Cl)c1)=C1CCC1. The Kier molecular flexibility index (Phi) is 9.34. The zero-order valence-corrected chi connectivity index (χ0v) is 21.0. The highest BCUT2D eigenvalue weighted by Gasteiger charge is 2.33. The third-order valence-electron chi connectivity index (χ3n) is 6.24. The summed E-state index contributed by atoms with van der Waals surface area (Å²) in [4.78, 5) is 1.21. The Bertz CT molecular complexity index is 844. The summed E-state index contributed by atoms with van der Waals surface area (Å²) < 4.78 is 7.00. The standard InChI is InChI=1S/C27H38ClNOS/c1-4-7-8-18-27(16-5-2,17-6-3)30-26(21-11-9-12-21)29-24-15-19-31-25(24)22-13-10-14-23(28)20-22/h10,13-15,19-20,29H,4-9,11-12,16-18H2,1-3H3. The molecule has 31 heavy (non-hydrogen) atoms. The first-order chi connectivity index (χ1) is 15.1. The van der Waals surface area contributed by atoms with E-state index in [1.807, 2.05) is 18.2 Å². The molecular weight excluding hydrogens is 422 g/mol. The fourth-order valence-electron chi connectivity index (χ4n) is 4.50. The van der Waals surface area contributed by atoms with Gasteiger partial charge in [0, 0.05) is 5.02 Å². The number of hydrogen-bond donors (Lipinski definition) is 1. The van der Waals surface area contributed by atoms with E-state index in [9.17, 15) is 0 Å². The lowest BCUT2D eigenvalue weighted by atomic mass is 9.86. The zero-order valence-electron chi connectivity index (χ0n) is 19.4. The molecule has 1 saturated carbocycles. The van der Waals surface area contributed by atoms with Gasteiger partial charge in [-0.15, -0.1) is 11.3 Å². The van der Waals surface area contributed by atoms with E-state index in [1.54, 1.807) is 11.3 Å². The Morgan fingerprint density at radius 1 is 1.03 bits per heavy atom. The van der Waals surface area contributed by atoms with Crippen molar-refractivity contribution in [3.63, 3.8) is 0 Å². The zero-order chi connectivity index (χ0) is 22.1. The molecule has 0 aliphatic heterocycles. The molecule has 2 aromatic rings. The first-order valence-electron chi connectivity index (χ1n) is 12.1. The second-order valence-corrected chi connectivity index (χ2v) is 10.2. The first-order valence-corrected chi connectivity index (χ1v) is 13.4. The van der Waals surface area contributed by atoms with Crippen LogP contribution < -0.4 is 5.32 Å². The Morgan fingerprint density at radius 3 is 2.42 bits per heavy atom. The molecule has 170 valence electrons. The summed E-state index contributed by atoms with van der Waals surface area (Å²) in [5.74, 6) is 1.02. The van der Waals surface area contributed by atoms with Crippen molar-refractivity contribution >= 4 is 28.6 Å². The van der Waals surface area contributed by atoms with E-state index in [1.165, 1.54) is 36.1 Å². The molecule has 2 nitrogen and oxygen atoms in total. The van der Waals surface area contributed by atoms with E-state index in [0.29, 0.717) is 0 Å². The number of unbranched alkanes of at least 4 members (excludes halogenated alkanes) is 2. The van der Waals surface area contributed by atoms with Gasteiger partial charge in [-0.05, 0) is 79.7 Å². The summed E-state index contributed by atoms with van der Waals surface area (Å²) in [5, 5.41) is 6.65. The number of nitrogens with one attached hydrogen (secondary N) is 1. The Balaban J connectivity index is 1.87. The molecular formula is C27H38ClNOS. The van der Waals surface area contributed by atoms with Crippen molar-refractivity contribution in [2.45, 2.75) is 97.0 Å². The molecule has 0 radical (unpaired) electrons. The van der Waals surface area contributed by atoms with Gasteiger partial charge < -0.3 is 10.1 Å². The first kappa shape index (κ1) is 24.2. The molecule has 3 rings (SSSR count). The van der Waals surface area contributed by atoms with Gasteiger partial charge in [0.25, 0.3) is 0 Å². The van der Waals surface area contributed by atoms with Crippen molar-refractivity contribution in [2.24, 2.45) is 0 Å². The van der Waals surface area contributed by atoms with E-state index >= 15 is 0 Å². The third-order valence-corrected chi connectivity index (χ3v) is 7.44. The van der Waals surface area contributed by atoms with Crippen LogP contribution in [0.4, 0.5) is 5.69 Å². The maximum atomic E-state index is 7.00. The second kappa shape index (κ2) is 12.0. The number of benzene rings is 1. The second-order valence-electron chi connectivity index (χ2n) is 8.83. The van der Waals surface area contributed by atoms with E-state index in [2.05, 4.69) is 43.6 Å². The predicted octanol–water partition coefficient (Wildman–Crippen LogP) is 9.81. The topological polar surface area (TPSA) is 21.3 Å². The Morgan fingerprint density at radius 2 is 1.81 bits per heavy atom. The molecule has 0 amide bonds. The Hall–Kier alpha value is -1.45. The van der Waals surface area contributed by atoms with Crippen molar-refractivity contribution in [3.8, 4) is 10.4 Å². The molecule has 4 heteroatoms. The molecule has 1 aromatic carbocycles. The molecule has 1 aromatic heterocycles. The van der Waals surface area contributed by atoms with Crippen LogP contribution in [0.15, 0.2) is 47.2 Å². The minimum Gasteiger partial charge on any atom is -0.472 e. The minimum absolute atomic E-state index is 0.0597. The lowest BCUT2D eigenvalue weighted by Crippen LogP contribution is -2.34. The maximum absolute atomic E-state index is 7.00. The number of anilines is 1. The number of thiophene rings is 1. The summed E-state index contributed by atoms with van der Waals surface area (Å²) >= 11 is 8.02. The van der Waals surface area contributed by atoms with E-state index in [0.717, 1.165) is 67.1 Å². The number of rotatable bonds is 13. The van der Waals surface area contributed by atoms with Crippen LogP contribution in [0.2, 0.25) is 5.02 Å². The smallest absolute Gasteiger partial charge is 0.190 e. The molecule has 0 atom stereocenters. The van der Waals surface area contributed by atoms with Gasteiger partial charge in [0.1, 0.15) is 5.60 Å². The molecule has 1 aliphatic rings. The Labute approximate surface area is 198 Å². The van der Waals surface area contributed by atoms with Gasteiger partial charge in [-0.2, -0.15) is 0 Å². The molecule has 0 unspecified atom stereocenters. The summed E-state index contributed by atoms with van der Waals surface area (Å²) in [7, 11) is 0. The van der Waals surface area contributed by atoms with Crippen LogP contribution in [0.1, 0.15) is 91.4 Å². The fraction of sp³-hybridized carbons (Fsp3) is 0.556. The molecule has 1 heterocycles. The predicted molar refractivity (Wildman–Crippen MR) is 137 cm³/mol. The number of halogens is 1.